The van der Waals surface area contributed by atoms with Crippen molar-refractivity contribution in [3.63, 3.8) is 0 Å². The molecule has 1 amide bonds. The van der Waals surface area contributed by atoms with Crippen molar-refractivity contribution in [2.24, 2.45) is 0 Å². The standard InChI is InChI=1S/C14H22N4O/c1-9(2)18-11(4)12(10(3)17-18)8-16-14(19)13-6-5-7-15-13/h5-6,9,13,15H,7-8H2,1-4H3,(H,16,19)/t13-/m0/s1. The maximum atomic E-state index is 11.9. The number of hydrogen-bond acceptors (Lipinski definition) is 3. The summed E-state index contributed by atoms with van der Waals surface area (Å²) in [5, 5.41) is 10.6. The van der Waals surface area contributed by atoms with Gasteiger partial charge in [0.15, 0.2) is 0 Å². The first-order chi connectivity index (χ1) is 9.00. The Balaban J connectivity index is 2.03. The fourth-order valence-electron chi connectivity index (χ4n) is 2.39. The first kappa shape index (κ1) is 13.8. The van der Waals surface area contributed by atoms with E-state index in [-0.39, 0.29) is 11.9 Å². The van der Waals surface area contributed by atoms with Gasteiger partial charge in [0, 0.05) is 30.4 Å². The second-order valence-electron chi connectivity index (χ2n) is 5.22. The molecule has 19 heavy (non-hydrogen) atoms. The van der Waals surface area contributed by atoms with Crippen molar-refractivity contribution in [1.82, 2.24) is 20.4 Å². The van der Waals surface area contributed by atoms with Gasteiger partial charge in [0.25, 0.3) is 0 Å². The molecule has 5 heteroatoms. The van der Waals surface area contributed by atoms with Crippen LogP contribution in [0.2, 0.25) is 0 Å². The largest absolute Gasteiger partial charge is 0.350 e. The highest BCUT2D eigenvalue weighted by molar-refractivity contribution is 5.84. The summed E-state index contributed by atoms with van der Waals surface area (Å²) in [6.07, 6.45) is 3.87. The van der Waals surface area contributed by atoms with Crippen molar-refractivity contribution in [2.75, 3.05) is 6.54 Å². The highest BCUT2D eigenvalue weighted by Crippen LogP contribution is 2.16. The highest BCUT2D eigenvalue weighted by atomic mass is 16.2. The van der Waals surface area contributed by atoms with Crippen LogP contribution in [0.3, 0.4) is 0 Å². The lowest BCUT2D eigenvalue weighted by Gasteiger charge is -2.11. The van der Waals surface area contributed by atoms with Gasteiger partial charge in [-0.1, -0.05) is 12.2 Å². The molecule has 2 heterocycles. The second-order valence-corrected chi connectivity index (χ2v) is 5.22. The van der Waals surface area contributed by atoms with Gasteiger partial charge in [-0.25, -0.2) is 0 Å². The third kappa shape index (κ3) is 2.87. The zero-order valence-electron chi connectivity index (χ0n) is 12.0. The number of carbonyl (C=O) groups excluding carboxylic acids is 1. The molecule has 1 aliphatic rings. The van der Waals surface area contributed by atoms with Gasteiger partial charge < -0.3 is 5.32 Å². The van der Waals surface area contributed by atoms with Gasteiger partial charge in [-0.3, -0.25) is 14.8 Å². The Bertz CT molecular complexity index is 502. The Hall–Kier alpha value is -1.62. The Morgan fingerprint density at radius 2 is 2.32 bits per heavy atom. The lowest BCUT2D eigenvalue weighted by Crippen LogP contribution is -2.40. The summed E-state index contributed by atoms with van der Waals surface area (Å²) in [5.74, 6) is 0.0184. The molecule has 1 aromatic heterocycles. The SMILES string of the molecule is Cc1nn(C(C)C)c(C)c1CNC(=O)[C@@H]1C=CCN1. The molecule has 0 bridgehead atoms. The monoisotopic (exact) mass is 262 g/mol. The summed E-state index contributed by atoms with van der Waals surface area (Å²) in [5.41, 5.74) is 3.23. The maximum Gasteiger partial charge on any atom is 0.241 e. The highest BCUT2D eigenvalue weighted by Gasteiger charge is 2.19. The lowest BCUT2D eigenvalue weighted by molar-refractivity contribution is -0.122. The summed E-state index contributed by atoms with van der Waals surface area (Å²) in [4.78, 5) is 11.9. The number of aromatic nitrogens is 2. The van der Waals surface area contributed by atoms with E-state index in [1.54, 1.807) is 0 Å². The zero-order valence-corrected chi connectivity index (χ0v) is 12.0. The Labute approximate surface area is 114 Å². The topological polar surface area (TPSA) is 59.0 Å². The normalized spacial score (nSPS) is 18.3. The van der Waals surface area contributed by atoms with E-state index in [0.717, 1.165) is 23.5 Å². The van der Waals surface area contributed by atoms with Crippen molar-refractivity contribution in [1.29, 1.82) is 0 Å². The van der Waals surface area contributed by atoms with Crippen LogP contribution < -0.4 is 10.6 Å². The summed E-state index contributed by atoms with van der Waals surface area (Å²) in [6.45, 7) is 9.55. The Morgan fingerprint density at radius 1 is 1.58 bits per heavy atom. The molecule has 0 aromatic carbocycles. The predicted octanol–water partition coefficient (Wildman–Crippen LogP) is 1.23. The summed E-state index contributed by atoms with van der Waals surface area (Å²) in [7, 11) is 0. The first-order valence-electron chi connectivity index (χ1n) is 6.73. The quantitative estimate of drug-likeness (QED) is 0.802. The minimum absolute atomic E-state index is 0.0184. The van der Waals surface area contributed by atoms with E-state index in [4.69, 9.17) is 0 Å². The molecule has 1 aromatic rings. The van der Waals surface area contributed by atoms with Crippen LogP contribution in [-0.4, -0.2) is 28.3 Å². The minimum atomic E-state index is -0.194. The van der Waals surface area contributed by atoms with Gasteiger partial charge in [-0.2, -0.15) is 5.10 Å². The molecule has 0 saturated carbocycles. The van der Waals surface area contributed by atoms with Crippen molar-refractivity contribution in [3.05, 3.63) is 29.1 Å². The Kier molecular flexibility index (Phi) is 4.04. The van der Waals surface area contributed by atoms with Crippen LogP contribution in [-0.2, 0) is 11.3 Å². The van der Waals surface area contributed by atoms with E-state index in [0.29, 0.717) is 12.6 Å². The molecule has 1 aliphatic heterocycles. The van der Waals surface area contributed by atoms with Crippen molar-refractivity contribution in [3.8, 4) is 0 Å². The van der Waals surface area contributed by atoms with Crippen LogP contribution in [0.1, 0.15) is 36.8 Å². The first-order valence-corrected chi connectivity index (χ1v) is 6.73. The van der Waals surface area contributed by atoms with Gasteiger partial charge in [0.05, 0.1) is 5.69 Å². The van der Waals surface area contributed by atoms with Crippen LogP contribution in [0.4, 0.5) is 0 Å². The van der Waals surface area contributed by atoms with E-state index in [1.807, 2.05) is 23.8 Å². The summed E-state index contributed by atoms with van der Waals surface area (Å²) in [6, 6.07) is 0.142. The molecule has 0 fully saturated rings. The van der Waals surface area contributed by atoms with Gasteiger partial charge in [-0.05, 0) is 27.7 Å². The average molecular weight is 262 g/mol. The number of carbonyl (C=O) groups is 1. The molecule has 2 N–H and O–H groups in total. The Morgan fingerprint density at radius 3 is 2.84 bits per heavy atom. The number of hydrogen-bond donors (Lipinski definition) is 2. The third-order valence-electron chi connectivity index (χ3n) is 3.47. The molecule has 0 unspecified atom stereocenters. The summed E-state index contributed by atoms with van der Waals surface area (Å²) < 4.78 is 2.00. The molecule has 0 saturated heterocycles. The van der Waals surface area contributed by atoms with Gasteiger partial charge in [-0.15, -0.1) is 0 Å². The van der Waals surface area contributed by atoms with Gasteiger partial charge in [0.1, 0.15) is 6.04 Å². The molecule has 5 nitrogen and oxygen atoms in total. The van der Waals surface area contributed by atoms with Crippen LogP contribution in [0.15, 0.2) is 12.2 Å². The van der Waals surface area contributed by atoms with Crippen molar-refractivity contribution < 1.29 is 4.79 Å². The second kappa shape index (κ2) is 5.57. The molecule has 0 spiro atoms. The molecule has 1 atom stereocenters. The minimum Gasteiger partial charge on any atom is -0.350 e. The molecular weight excluding hydrogens is 240 g/mol. The van der Waals surface area contributed by atoms with Crippen molar-refractivity contribution >= 4 is 5.91 Å². The number of rotatable bonds is 4. The van der Waals surface area contributed by atoms with Crippen LogP contribution in [0.5, 0.6) is 0 Å². The fourth-order valence-corrected chi connectivity index (χ4v) is 2.39. The number of nitrogens with zero attached hydrogens (tertiary/aromatic N) is 2. The molecule has 0 aliphatic carbocycles. The van der Waals surface area contributed by atoms with Gasteiger partial charge >= 0.3 is 0 Å². The molecule has 104 valence electrons. The van der Waals surface area contributed by atoms with E-state index < -0.39 is 0 Å². The zero-order chi connectivity index (χ0) is 14.0. The van der Waals surface area contributed by atoms with E-state index in [1.165, 1.54) is 0 Å². The van der Waals surface area contributed by atoms with E-state index in [9.17, 15) is 4.79 Å². The fraction of sp³-hybridized carbons (Fsp3) is 0.571. The number of nitrogens with one attached hydrogen (secondary N) is 2. The molecular formula is C14H22N4O. The molecule has 2 rings (SSSR count). The van der Waals surface area contributed by atoms with E-state index in [2.05, 4.69) is 36.5 Å². The molecule has 0 radical (unpaired) electrons. The van der Waals surface area contributed by atoms with Gasteiger partial charge in [0.2, 0.25) is 5.91 Å². The smallest absolute Gasteiger partial charge is 0.241 e. The number of aryl methyl sites for hydroxylation is 1. The number of amides is 1. The predicted molar refractivity (Wildman–Crippen MR) is 74.9 cm³/mol. The lowest BCUT2D eigenvalue weighted by atomic mass is 10.2. The van der Waals surface area contributed by atoms with E-state index >= 15 is 0 Å². The van der Waals surface area contributed by atoms with Crippen molar-refractivity contribution in [2.45, 2.75) is 46.3 Å². The van der Waals surface area contributed by atoms with Crippen LogP contribution in [0.25, 0.3) is 0 Å². The average Bonchev–Trinajstić information content (AvgIpc) is 2.96. The van der Waals surface area contributed by atoms with Crippen LogP contribution in [0, 0.1) is 13.8 Å². The van der Waals surface area contributed by atoms with Crippen LogP contribution >= 0.6 is 0 Å². The maximum absolute atomic E-state index is 11.9. The third-order valence-corrected chi connectivity index (χ3v) is 3.47. The summed E-state index contributed by atoms with van der Waals surface area (Å²) >= 11 is 0.